The van der Waals surface area contributed by atoms with Gasteiger partial charge >= 0.3 is 6.03 Å². The summed E-state index contributed by atoms with van der Waals surface area (Å²) in [7, 11) is 0. The molecule has 3 aliphatic rings. The highest BCUT2D eigenvalue weighted by molar-refractivity contribution is 8.01. The lowest BCUT2D eigenvalue weighted by Crippen LogP contribution is -2.68. The smallest absolute Gasteiger partial charge is 0.326 e. The third-order valence-electron chi connectivity index (χ3n) is 7.52. The number of amides is 5. The van der Waals surface area contributed by atoms with Gasteiger partial charge in [-0.3, -0.25) is 14.4 Å². The minimum atomic E-state index is -1.51. The van der Waals surface area contributed by atoms with E-state index < -0.39 is 35.5 Å². The molecule has 0 radical (unpaired) electrons. The summed E-state index contributed by atoms with van der Waals surface area (Å²) in [6, 6.07) is 24.1. The van der Waals surface area contributed by atoms with E-state index in [4.69, 9.17) is 0 Å². The topological polar surface area (TPSA) is 98.8 Å². The highest BCUT2D eigenvalue weighted by atomic mass is 32.2. The van der Waals surface area contributed by atoms with Crippen LogP contribution < -0.4 is 10.6 Å². The second-order valence-electron chi connectivity index (χ2n) is 10.6. The molecular formula is C30H28N4O4S. The maximum atomic E-state index is 14.4. The largest absolute Gasteiger partial charge is 0.340 e. The number of benzene rings is 3. The number of imide groups is 1. The van der Waals surface area contributed by atoms with Gasteiger partial charge in [-0.1, -0.05) is 91.0 Å². The third kappa shape index (κ3) is 3.99. The Morgan fingerprint density at radius 1 is 0.897 bits per heavy atom. The summed E-state index contributed by atoms with van der Waals surface area (Å²) < 4.78 is -0.117. The zero-order chi connectivity index (χ0) is 27.4. The quantitative estimate of drug-likeness (QED) is 0.369. The molecule has 3 aliphatic heterocycles. The standard InChI is InChI=1S/C30H28N4O4S/c1-29(2)18-33-25(36)22(26(33)39-29)31-24(35)23(19-12-6-3-7-13-19)34-27(37)30(32-28(34)38,20-14-8-4-9-15-20)21-16-10-5-11-17-21/h3-17,22-23,26H,18H2,1-2H3,(H,31,35)(H,32,38). The lowest BCUT2D eigenvalue weighted by Gasteiger charge is -2.42. The summed E-state index contributed by atoms with van der Waals surface area (Å²) in [5, 5.41) is 5.62. The van der Waals surface area contributed by atoms with Gasteiger partial charge in [0.15, 0.2) is 5.54 Å². The molecule has 0 bridgehead atoms. The van der Waals surface area contributed by atoms with Crippen LogP contribution in [0.1, 0.15) is 36.6 Å². The van der Waals surface area contributed by atoms with Gasteiger partial charge in [0, 0.05) is 11.3 Å². The van der Waals surface area contributed by atoms with Crippen molar-refractivity contribution in [3.8, 4) is 0 Å². The lowest BCUT2D eigenvalue weighted by molar-refractivity contribution is -0.149. The van der Waals surface area contributed by atoms with E-state index in [2.05, 4.69) is 24.5 Å². The first-order chi connectivity index (χ1) is 18.7. The molecule has 3 heterocycles. The Kier molecular flexibility index (Phi) is 5.99. The Bertz CT molecular complexity index is 1410. The van der Waals surface area contributed by atoms with Gasteiger partial charge in [-0.15, -0.1) is 11.8 Å². The number of nitrogens with one attached hydrogen (secondary N) is 2. The first kappa shape index (κ1) is 25.2. The van der Waals surface area contributed by atoms with Crippen LogP contribution in [0.25, 0.3) is 0 Å². The normalized spacial score (nSPS) is 23.6. The molecule has 6 rings (SSSR count). The van der Waals surface area contributed by atoms with Crippen LogP contribution in [0.15, 0.2) is 91.0 Å². The van der Waals surface area contributed by atoms with E-state index >= 15 is 0 Å². The van der Waals surface area contributed by atoms with Crippen LogP contribution in [0.2, 0.25) is 0 Å². The van der Waals surface area contributed by atoms with Gasteiger partial charge in [0.2, 0.25) is 11.8 Å². The SMILES string of the molecule is CC1(C)CN2C(=O)C(NC(=O)C(c3ccccc3)N3C(=O)NC(c4ccccc4)(c4ccccc4)C3=O)C2S1. The zero-order valence-electron chi connectivity index (χ0n) is 21.5. The molecule has 0 aromatic heterocycles. The number of β-lactam (4-membered cyclic amide) rings is 1. The average Bonchev–Trinajstić information content (AvgIpc) is 3.39. The maximum absolute atomic E-state index is 14.4. The van der Waals surface area contributed by atoms with Gasteiger partial charge in [-0.2, -0.15) is 0 Å². The third-order valence-corrected chi connectivity index (χ3v) is 9.05. The Labute approximate surface area is 230 Å². The second-order valence-corrected chi connectivity index (χ2v) is 12.4. The fourth-order valence-electron chi connectivity index (χ4n) is 5.73. The van der Waals surface area contributed by atoms with Crippen molar-refractivity contribution >= 4 is 35.5 Å². The predicted octanol–water partition coefficient (Wildman–Crippen LogP) is 3.40. The van der Waals surface area contributed by atoms with E-state index in [-0.39, 0.29) is 16.0 Å². The van der Waals surface area contributed by atoms with Crippen molar-refractivity contribution in [3.63, 3.8) is 0 Å². The van der Waals surface area contributed by atoms with Crippen molar-refractivity contribution in [1.82, 2.24) is 20.4 Å². The fraction of sp³-hybridized carbons (Fsp3) is 0.267. The number of thioether (sulfide) groups is 1. The van der Waals surface area contributed by atoms with E-state index in [9.17, 15) is 19.2 Å². The van der Waals surface area contributed by atoms with Crippen LogP contribution in [-0.4, -0.2) is 56.3 Å². The molecule has 0 saturated carbocycles. The van der Waals surface area contributed by atoms with Gasteiger partial charge in [0.05, 0.1) is 0 Å². The van der Waals surface area contributed by atoms with Gasteiger partial charge < -0.3 is 15.5 Å². The number of hydrogen-bond donors (Lipinski definition) is 2. The maximum Gasteiger partial charge on any atom is 0.326 e. The van der Waals surface area contributed by atoms with Crippen LogP contribution in [-0.2, 0) is 19.9 Å². The van der Waals surface area contributed by atoms with Crippen molar-refractivity contribution in [1.29, 1.82) is 0 Å². The number of carbonyl (C=O) groups is 4. The summed E-state index contributed by atoms with van der Waals surface area (Å²) in [6.45, 7) is 4.74. The first-order valence-electron chi connectivity index (χ1n) is 12.8. The van der Waals surface area contributed by atoms with E-state index in [0.29, 0.717) is 23.2 Å². The molecule has 0 spiro atoms. The molecule has 3 unspecified atom stereocenters. The molecule has 3 saturated heterocycles. The van der Waals surface area contributed by atoms with Gasteiger partial charge in [0.1, 0.15) is 17.5 Å². The zero-order valence-corrected chi connectivity index (χ0v) is 22.4. The molecule has 198 valence electrons. The highest BCUT2D eigenvalue weighted by Crippen LogP contribution is 2.46. The minimum Gasteiger partial charge on any atom is -0.340 e. The van der Waals surface area contributed by atoms with Crippen molar-refractivity contribution in [3.05, 3.63) is 108 Å². The van der Waals surface area contributed by atoms with Gasteiger partial charge in [-0.05, 0) is 30.5 Å². The summed E-state index contributed by atoms with van der Waals surface area (Å²) in [4.78, 5) is 57.7. The summed E-state index contributed by atoms with van der Waals surface area (Å²) in [5.74, 6) is -1.30. The predicted molar refractivity (Wildman–Crippen MR) is 147 cm³/mol. The van der Waals surface area contributed by atoms with E-state index in [0.717, 1.165) is 4.90 Å². The Morgan fingerprint density at radius 2 is 1.44 bits per heavy atom. The molecule has 3 fully saturated rings. The van der Waals surface area contributed by atoms with E-state index in [1.54, 1.807) is 95.5 Å². The highest BCUT2D eigenvalue weighted by Gasteiger charge is 2.59. The average molecular weight is 541 g/mol. The van der Waals surface area contributed by atoms with Crippen LogP contribution in [0, 0.1) is 0 Å². The molecule has 8 nitrogen and oxygen atoms in total. The van der Waals surface area contributed by atoms with Gasteiger partial charge in [0.25, 0.3) is 5.91 Å². The summed E-state index contributed by atoms with van der Waals surface area (Å²) in [5.41, 5.74) is 0.122. The fourth-order valence-corrected chi connectivity index (χ4v) is 7.23. The molecule has 9 heteroatoms. The monoisotopic (exact) mass is 540 g/mol. The number of urea groups is 1. The second kappa shape index (κ2) is 9.27. The van der Waals surface area contributed by atoms with Crippen molar-refractivity contribution in [2.24, 2.45) is 0 Å². The Balaban J connectivity index is 1.39. The number of hydrogen-bond acceptors (Lipinski definition) is 5. The van der Waals surface area contributed by atoms with Crippen molar-refractivity contribution in [2.75, 3.05) is 6.54 Å². The van der Waals surface area contributed by atoms with Gasteiger partial charge in [-0.25, -0.2) is 9.69 Å². The molecule has 3 aromatic rings. The Morgan fingerprint density at radius 3 is 2.00 bits per heavy atom. The van der Waals surface area contributed by atoms with Crippen LogP contribution in [0.5, 0.6) is 0 Å². The Hall–Kier alpha value is -4.11. The number of nitrogens with zero attached hydrogens (tertiary/aromatic N) is 2. The number of carbonyl (C=O) groups excluding carboxylic acids is 4. The molecule has 3 aromatic carbocycles. The summed E-state index contributed by atoms with van der Waals surface area (Å²) in [6.07, 6.45) is 0. The molecular weight excluding hydrogens is 512 g/mol. The van der Waals surface area contributed by atoms with Crippen LogP contribution >= 0.6 is 11.8 Å². The molecule has 39 heavy (non-hydrogen) atoms. The van der Waals surface area contributed by atoms with E-state index in [1.807, 2.05) is 12.1 Å². The summed E-state index contributed by atoms with van der Waals surface area (Å²) >= 11 is 1.64. The first-order valence-corrected chi connectivity index (χ1v) is 13.7. The van der Waals surface area contributed by atoms with Crippen LogP contribution in [0.3, 0.4) is 0 Å². The molecule has 5 amide bonds. The number of fused-ring (bicyclic) bond motifs is 1. The minimum absolute atomic E-state index is 0.117. The lowest BCUT2D eigenvalue weighted by atomic mass is 9.82. The van der Waals surface area contributed by atoms with E-state index in [1.165, 1.54) is 0 Å². The molecule has 3 atom stereocenters. The van der Waals surface area contributed by atoms with Crippen molar-refractivity contribution < 1.29 is 19.2 Å². The molecule has 0 aliphatic carbocycles. The van der Waals surface area contributed by atoms with Crippen LogP contribution in [0.4, 0.5) is 4.79 Å². The number of rotatable bonds is 6. The van der Waals surface area contributed by atoms with Crippen molar-refractivity contribution in [2.45, 2.75) is 41.6 Å². The molecule has 2 N–H and O–H groups in total.